The van der Waals surface area contributed by atoms with Gasteiger partial charge < -0.3 is 10.1 Å². The first-order valence-corrected chi connectivity index (χ1v) is 4.75. The fourth-order valence-electron chi connectivity index (χ4n) is 1.52. The van der Waals surface area contributed by atoms with E-state index in [1.165, 1.54) is 11.6 Å². The highest BCUT2D eigenvalue weighted by molar-refractivity contribution is 5.91. The fourth-order valence-corrected chi connectivity index (χ4v) is 1.52. The van der Waals surface area contributed by atoms with Crippen molar-refractivity contribution in [1.82, 2.24) is 14.5 Å². The molecule has 7 heteroatoms. The first-order valence-electron chi connectivity index (χ1n) is 4.75. The van der Waals surface area contributed by atoms with Crippen LogP contribution >= 0.6 is 0 Å². The summed E-state index contributed by atoms with van der Waals surface area (Å²) in [5.41, 5.74) is -1.75. The zero-order chi connectivity index (χ0) is 12.7. The van der Waals surface area contributed by atoms with Gasteiger partial charge >= 0.3 is 5.97 Å². The van der Waals surface area contributed by atoms with Crippen LogP contribution in [0.25, 0.3) is 11.0 Å². The van der Waals surface area contributed by atoms with Crippen molar-refractivity contribution in [3.8, 4) is 0 Å². The Kier molecular flexibility index (Phi) is 2.31. The Hall–Kier alpha value is -2.44. The van der Waals surface area contributed by atoms with Gasteiger partial charge in [-0.1, -0.05) is 0 Å². The highest BCUT2D eigenvalue weighted by Gasteiger charge is 2.16. The number of hydrogen-bond donors (Lipinski definition) is 2. The number of H-pyrrole nitrogens is 1. The molecule has 0 aromatic carbocycles. The number of aromatic nitrogens is 3. The summed E-state index contributed by atoms with van der Waals surface area (Å²) in [7, 11) is 1.47. The van der Waals surface area contributed by atoms with E-state index in [0.717, 1.165) is 6.20 Å². The lowest BCUT2D eigenvalue weighted by Gasteiger charge is -2.04. The molecule has 0 amide bonds. The number of hydrogen-bond acceptors (Lipinski definition) is 4. The quantitative estimate of drug-likeness (QED) is 0.701. The van der Waals surface area contributed by atoms with Crippen LogP contribution in [0.5, 0.6) is 0 Å². The van der Waals surface area contributed by atoms with Gasteiger partial charge in [0.2, 0.25) is 5.43 Å². The molecular formula is C10H9N3O4. The molecule has 7 nitrogen and oxygen atoms in total. The lowest BCUT2D eigenvalue weighted by Crippen LogP contribution is -2.28. The largest absolute Gasteiger partial charge is 0.477 e. The monoisotopic (exact) mass is 235 g/mol. The zero-order valence-electron chi connectivity index (χ0n) is 9.14. The number of carboxylic acid groups (broad SMARTS) is 1. The van der Waals surface area contributed by atoms with Gasteiger partial charge in [0.15, 0.2) is 0 Å². The lowest BCUT2D eigenvalue weighted by atomic mass is 10.2. The van der Waals surface area contributed by atoms with E-state index in [-0.39, 0.29) is 11.0 Å². The molecule has 0 spiro atoms. The number of carbonyl (C=O) groups is 1. The molecule has 17 heavy (non-hydrogen) atoms. The molecule has 2 heterocycles. The maximum Gasteiger partial charge on any atom is 0.341 e. The van der Waals surface area contributed by atoms with Crippen molar-refractivity contribution < 1.29 is 9.90 Å². The Labute approximate surface area is 94.4 Å². The van der Waals surface area contributed by atoms with E-state index < -0.39 is 22.5 Å². The van der Waals surface area contributed by atoms with E-state index in [2.05, 4.69) is 9.97 Å². The number of rotatable bonds is 1. The summed E-state index contributed by atoms with van der Waals surface area (Å²) >= 11 is 0. The molecule has 88 valence electrons. The zero-order valence-corrected chi connectivity index (χ0v) is 9.14. The van der Waals surface area contributed by atoms with Crippen molar-refractivity contribution >= 4 is 17.0 Å². The van der Waals surface area contributed by atoms with Crippen LogP contribution < -0.4 is 11.0 Å². The highest BCUT2D eigenvalue weighted by atomic mass is 16.4. The molecule has 0 unspecified atom stereocenters. The summed E-state index contributed by atoms with van der Waals surface area (Å²) in [4.78, 5) is 41.0. The van der Waals surface area contributed by atoms with Gasteiger partial charge in [-0.3, -0.25) is 14.2 Å². The van der Waals surface area contributed by atoms with E-state index in [0.29, 0.717) is 5.82 Å². The average Bonchev–Trinajstić information content (AvgIpc) is 2.25. The van der Waals surface area contributed by atoms with Crippen LogP contribution in [0, 0.1) is 6.92 Å². The third-order valence-corrected chi connectivity index (χ3v) is 2.57. The maximum atomic E-state index is 11.9. The lowest BCUT2D eigenvalue weighted by molar-refractivity contribution is 0.0695. The van der Waals surface area contributed by atoms with Crippen molar-refractivity contribution in [3.05, 3.63) is 38.2 Å². The van der Waals surface area contributed by atoms with Crippen LogP contribution in [0.3, 0.4) is 0 Å². The van der Waals surface area contributed by atoms with Gasteiger partial charge in [-0.2, -0.15) is 0 Å². The summed E-state index contributed by atoms with van der Waals surface area (Å²) < 4.78 is 1.20. The molecule has 2 N–H and O–H groups in total. The molecular weight excluding hydrogens is 226 g/mol. The Morgan fingerprint density at radius 1 is 1.47 bits per heavy atom. The number of aromatic carboxylic acids is 1. The second-order valence-corrected chi connectivity index (χ2v) is 3.58. The predicted molar refractivity (Wildman–Crippen MR) is 59.3 cm³/mol. The smallest absolute Gasteiger partial charge is 0.341 e. The molecule has 2 aromatic heterocycles. The molecule has 0 fully saturated rings. The Morgan fingerprint density at radius 2 is 2.12 bits per heavy atom. The Morgan fingerprint density at radius 3 is 2.71 bits per heavy atom. The molecule has 0 aliphatic carbocycles. The minimum Gasteiger partial charge on any atom is -0.477 e. The standard InChI is InChI=1S/C10H9N3O4/c1-4-12-8-6(9(15)13(4)2)7(14)5(3-11-8)10(16)17/h3H,1-2H3,(H,11,14)(H,16,17). The molecule has 2 aromatic rings. The van der Waals surface area contributed by atoms with Crippen LogP contribution in [0.1, 0.15) is 16.2 Å². The minimum atomic E-state index is -1.38. The van der Waals surface area contributed by atoms with Crippen molar-refractivity contribution in [2.75, 3.05) is 0 Å². The number of nitrogens with zero attached hydrogens (tertiary/aromatic N) is 2. The van der Waals surface area contributed by atoms with Crippen molar-refractivity contribution in [2.45, 2.75) is 6.92 Å². The molecule has 2 rings (SSSR count). The predicted octanol–water partition coefficient (Wildman–Crippen LogP) is -0.372. The van der Waals surface area contributed by atoms with Gasteiger partial charge in [0.1, 0.15) is 22.4 Å². The molecule has 0 saturated carbocycles. The fraction of sp³-hybridized carbons (Fsp3) is 0.200. The number of pyridine rings is 1. The summed E-state index contributed by atoms with van der Waals surface area (Å²) in [6, 6.07) is 0. The maximum absolute atomic E-state index is 11.9. The molecule has 0 aliphatic rings. The first kappa shape index (κ1) is 11.1. The van der Waals surface area contributed by atoms with Crippen molar-refractivity contribution in [1.29, 1.82) is 0 Å². The van der Waals surface area contributed by atoms with Crippen molar-refractivity contribution in [3.63, 3.8) is 0 Å². The summed E-state index contributed by atoms with van der Waals surface area (Å²) in [6.45, 7) is 1.62. The molecule has 0 bridgehead atoms. The van der Waals surface area contributed by atoms with E-state index in [4.69, 9.17) is 5.11 Å². The summed E-state index contributed by atoms with van der Waals surface area (Å²) in [5, 5.41) is 8.55. The number of fused-ring (bicyclic) bond motifs is 1. The Balaban J connectivity index is 3.06. The minimum absolute atomic E-state index is 0.0978. The van der Waals surface area contributed by atoms with Crippen LogP contribution in [0.4, 0.5) is 0 Å². The SMILES string of the molecule is Cc1nc2[nH]cc(C(=O)O)c(=O)c2c(=O)n1C. The number of aromatic amines is 1. The van der Waals surface area contributed by atoms with Gasteiger partial charge in [0.05, 0.1) is 0 Å². The number of carboxylic acids is 1. The molecule has 0 atom stereocenters. The number of aryl methyl sites for hydroxylation is 1. The van der Waals surface area contributed by atoms with Crippen molar-refractivity contribution in [2.24, 2.45) is 7.05 Å². The summed E-state index contributed by atoms with van der Waals surface area (Å²) in [6.07, 6.45) is 1.04. The molecule has 0 saturated heterocycles. The van der Waals surface area contributed by atoms with Crippen LogP contribution in [-0.2, 0) is 7.05 Å². The summed E-state index contributed by atoms with van der Waals surface area (Å²) in [5.74, 6) is -0.947. The second-order valence-electron chi connectivity index (χ2n) is 3.58. The highest BCUT2D eigenvalue weighted by Crippen LogP contribution is 2.01. The van der Waals surface area contributed by atoms with Crippen LogP contribution in [-0.4, -0.2) is 25.6 Å². The van der Waals surface area contributed by atoms with Crippen LogP contribution in [0.15, 0.2) is 15.8 Å². The Bertz CT molecular complexity index is 742. The molecule has 0 radical (unpaired) electrons. The topological polar surface area (TPSA) is 105 Å². The van der Waals surface area contributed by atoms with Gasteiger partial charge in [0.25, 0.3) is 5.56 Å². The van der Waals surface area contributed by atoms with Gasteiger partial charge in [-0.05, 0) is 6.92 Å². The molecule has 0 aliphatic heterocycles. The normalized spacial score (nSPS) is 10.7. The van der Waals surface area contributed by atoms with E-state index in [1.807, 2.05) is 0 Å². The van der Waals surface area contributed by atoms with Gasteiger partial charge in [-0.15, -0.1) is 0 Å². The van der Waals surface area contributed by atoms with Gasteiger partial charge in [0, 0.05) is 13.2 Å². The van der Waals surface area contributed by atoms with Gasteiger partial charge in [-0.25, -0.2) is 9.78 Å². The average molecular weight is 235 g/mol. The third kappa shape index (κ3) is 1.52. The van der Waals surface area contributed by atoms with Crippen LogP contribution in [0.2, 0.25) is 0 Å². The van der Waals surface area contributed by atoms with E-state index in [9.17, 15) is 14.4 Å². The third-order valence-electron chi connectivity index (χ3n) is 2.57. The second kappa shape index (κ2) is 3.55. The first-order chi connectivity index (χ1) is 7.93. The van der Waals surface area contributed by atoms with E-state index in [1.54, 1.807) is 6.92 Å². The van der Waals surface area contributed by atoms with E-state index >= 15 is 0 Å². The number of nitrogens with one attached hydrogen (secondary N) is 1.